The minimum absolute atomic E-state index is 0.287. The van der Waals surface area contributed by atoms with E-state index in [2.05, 4.69) is 9.97 Å². The van der Waals surface area contributed by atoms with Crippen molar-refractivity contribution in [3.63, 3.8) is 0 Å². The summed E-state index contributed by atoms with van der Waals surface area (Å²) in [6, 6.07) is 0. The molecule has 0 spiro atoms. The van der Waals surface area contributed by atoms with Crippen LogP contribution in [0.2, 0.25) is 0 Å². The molecular weight excluding hydrogens is 219 g/mol. The number of halogens is 1. The predicted octanol–water partition coefficient (Wildman–Crippen LogP) is 1.49. The normalized spacial score (nSPS) is 17.5. The standard InChI is InChI=1S/C12H19FN4/c1-9-11(13)12(16-8-15-9)17-6-3-10(2-5-14)4-7-17/h8,10H,2-7,14H2,1H3. The molecule has 0 radical (unpaired) electrons. The van der Waals surface area contributed by atoms with E-state index in [-0.39, 0.29) is 5.82 Å². The molecule has 0 saturated carbocycles. The van der Waals surface area contributed by atoms with Gasteiger partial charge in [0.1, 0.15) is 6.33 Å². The van der Waals surface area contributed by atoms with Gasteiger partial charge < -0.3 is 10.6 Å². The van der Waals surface area contributed by atoms with E-state index in [9.17, 15) is 4.39 Å². The number of hydrogen-bond donors (Lipinski definition) is 1. The Balaban J connectivity index is 2.03. The third-order valence-electron chi connectivity index (χ3n) is 3.43. The van der Waals surface area contributed by atoms with Crippen molar-refractivity contribution in [2.24, 2.45) is 11.7 Å². The second-order valence-electron chi connectivity index (χ2n) is 4.60. The van der Waals surface area contributed by atoms with Crippen LogP contribution in [0.4, 0.5) is 10.2 Å². The summed E-state index contributed by atoms with van der Waals surface area (Å²) >= 11 is 0. The Hall–Kier alpha value is -1.23. The van der Waals surface area contributed by atoms with Crippen molar-refractivity contribution in [1.29, 1.82) is 0 Å². The Labute approximate surface area is 101 Å². The van der Waals surface area contributed by atoms with E-state index in [1.165, 1.54) is 6.33 Å². The van der Waals surface area contributed by atoms with Gasteiger partial charge in [-0.3, -0.25) is 0 Å². The molecule has 0 atom stereocenters. The lowest BCUT2D eigenvalue weighted by atomic mass is 9.93. The van der Waals surface area contributed by atoms with Crippen molar-refractivity contribution in [2.45, 2.75) is 26.2 Å². The van der Waals surface area contributed by atoms with Crippen molar-refractivity contribution < 1.29 is 4.39 Å². The number of anilines is 1. The lowest BCUT2D eigenvalue weighted by Crippen LogP contribution is -2.35. The number of hydrogen-bond acceptors (Lipinski definition) is 4. The zero-order chi connectivity index (χ0) is 12.3. The molecule has 0 aliphatic carbocycles. The number of nitrogens with zero attached hydrogens (tertiary/aromatic N) is 3. The first-order chi connectivity index (χ1) is 8.22. The number of aromatic nitrogens is 2. The molecule has 1 aromatic heterocycles. The zero-order valence-electron chi connectivity index (χ0n) is 10.2. The Morgan fingerprint density at radius 3 is 2.76 bits per heavy atom. The van der Waals surface area contributed by atoms with E-state index >= 15 is 0 Å². The summed E-state index contributed by atoms with van der Waals surface area (Å²) in [5, 5.41) is 0. The molecule has 5 heteroatoms. The van der Waals surface area contributed by atoms with E-state index in [1.807, 2.05) is 4.90 Å². The maximum atomic E-state index is 13.8. The summed E-state index contributed by atoms with van der Waals surface area (Å²) in [5.41, 5.74) is 5.97. The van der Waals surface area contributed by atoms with Crippen LogP contribution in [0.3, 0.4) is 0 Å². The van der Waals surface area contributed by atoms with Gasteiger partial charge in [0.15, 0.2) is 11.6 Å². The van der Waals surface area contributed by atoms with E-state index in [4.69, 9.17) is 5.73 Å². The third kappa shape index (κ3) is 2.72. The number of rotatable bonds is 3. The molecule has 2 N–H and O–H groups in total. The fourth-order valence-corrected chi connectivity index (χ4v) is 2.33. The molecule has 2 rings (SSSR count). The van der Waals surface area contributed by atoms with Gasteiger partial charge >= 0.3 is 0 Å². The average Bonchev–Trinajstić information content (AvgIpc) is 2.34. The van der Waals surface area contributed by atoms with Gasteiger partial charge in [-0.05, 0) is 38.6 Å². The Morgan fingerprint density at radius 1 is 1.41 bits per heavy atom. The molecule has 1 fully saturated rings. The molecule has 94 valence electrons. The van der Waals surface area contributed by atoms with Crippen LogP contribution in [0.25, 0.3) is 0 Å². The minimum Gasteiger partial charge on any atom is -0.354 e. The molecule has 1 saturated heterocycles. The van der Waals surface area contributed by atoms with Crippen LogP contribution >= 0.6 is 0 Å². The molecule has 2 heterocycles. The molecule has 1 aliphatic heterocycles. The van der Waals surface area contributed by atoms with Gasteiger partial charge in [0.2, 0.25) is 0 Å². The van der Waals surface area contributed by atoms with Gasteiger partial charge in [-0.25, -0.2) is 14.4 Å². The molecule has 4 nitrogen and oxygen atoms in total. The Morgan fingerprint density at radius 2 is 2.12 bits per heavy atom. The molecule has 0 amide bonds. The minimum atomic E-state index is -0.287. The largest absolute Gasteiger partial charge is 0.354 e. The van der Waals surface area contributed by atoms with Crippen molar-refractivity contribution in [1.82, 2.24) is 9.97 Å². The summed E-state index contributed by atoms with van der Waals surface area (Å²) in [6.45, 7) is 4.13. The molecule has 0 unspecified atom stereocenters. The summed E-state index contributed by atoms with van der Waals surface area (Å²) in [7, 11) is 0. The van der Waals surface area contributed by atoms with Crippen LogP contribution in [-0.4, -0.2) is 29.6 Å². The van der Waals surface area contributed by atoms with Gasteiger partial charge in [0, 0.05) is 13.1 Å². The molecule has 0 aromatic carbocycles. The lowest BCUT2D eigenvalue weighted by Gasteiger charge is -2.32. The summed E-state index contributed by atoms with van der Waals surface area (Å²) in [6.07, 6.45) is 4.64. The topological polar surface area (TPSA) is 55.0 Å². The SMILES string of the molecule is Cc1ncnc(N2CCC(CCN)CC2)c1F. The van der Waals surface area contributed by atoms with Crippen molar-refractivity contribution >= 4 is 5.82 Å². The first-order valence-electron chi connectivity index (χ1n) is 6.14. The van der Waals surface area contributed by atoms with Gasteiger partial charge in [-0.1, -0.05) is 0 Å². The predicted molar refractivity (Wildman–Crippen MR) is 65.3 cm³/mol. The van der Waals surface area contributed by atoms with Gasteiger partial charge in [0.25, 0.3) is 0 Å². The van der Waals surface area contributed by atoms with Crippen LogP contribution in [0, 0.1) is 18.7 Å². The molecule has 1 aliphatic rings. The van der Waals surface area contributed by atoms with Crippen molar-refractivity contribution in [3.8, 4) is 0 Å². The monoisotopic (exact) mass is 238 g/mol. The fourth-order valence-electron chi connectivity index (χ4n) is 2.33. The number of piperidine rings is 1. The molecular formula is C12H19FN4. The van der Waals surface area contributed by atoms with E-state index < -0.39 is 0 Å². The summed E-state index contributed by atoms with van der Waals surface area (Å²) < 4.78 is 13.8. The maximum Gasteiger partial charge on any atom is 0.186 e. The summed E-state index contributed by atoms with van der Waals surface area (Å²) in [5.74, 6) is 0.843. The highest BCUT2D eigenvalue weighted by atomic mass is 19.1. The Kier molecular flexibility index (Phi) is 3.89. The van der Waals surface area contributed by atoms with Crippen molar-refractivity contribution in [2.75, 3.05) is 24.5 Å². The van der Waals surface area contributed by atoms with Crippen LogP contribution in [0.1, 0.15) is 25.0 Å². The maximum absolute atomic E-state index is 13.8. The number of aryl methyl sites for hydroxylation is 1. The van der Waals surface area contributed by atoms with Crippen LogP contribution in [-0.2, 0) is 0 Å². The molecule has 1 aromatic rings. The van der Waals surface area contributed by atoms with E-state index in [0.717, 1.165) is 38.9 Å². The average molecular weight is 238 g/mol. The third-order valence-corrected chi connectivity index (χ3v) is 3.43. The van der Waals surface area contributed by atoms with Crippen LogP contribution in [0.15, 0.2) is 6.33 Å². The van der Waals surface area contributed by atoms with E-state index in [0.29, 0.717) is 17.4 Å². The second-order valence-corrected chi connectivity index (χ2v) is 4.60. The van der Waals surface area contributed by atoms with Crippen molar-refractivity contribution in [3.05, 3.63) is 17.8 Å². The summed E-state index contributed by atoms with van der Waals surface area (Å²) in [4.78, 5) is 9.91. The first kappa shape index (κ1) is 12.2. The fraction of sp³-hybridized carbons (Fsp3) is 0.667. The highest BCUT2D eigenvalue weighted by molar-refractivity contribution is 5.41. The molecule has 0 bridgehead atoms. The van der Waals surface area contributed by atoms with E-state index in [1.54, 1.807) is 6.92 Å². The Bertz CT molecular complexity index is 375. The molecule has 17 heavy (non-hydrogen) atoms. The quantitative estimate of drug-likeness (QED) is 0.866. The van der Waals surface area contributed by atoms with Crippen LogP contribution < -0.4 is 10.6 Å². The zero-order valence-corrected chi connectivity index (χ0v) is 10.2. The second kappa shape index (κ2) is 5.40. The lowest BCUT2D eigenvalue weighted by molar-refractivity contribution is 0.382. The smallest absolute Gasteiger partial charge is 0.186 e. The van der Waals surface area contributed by atoms with Gasteiger partial charge in [-0.15, -0.1) is 0 Å². The van der Waals surface area contributed by atoms with Gasteiger partial charge in [-0.2, -0.15) is 0 Å². The first-order valence-corrected chi connectivity index (χ1v) is 6.14. The highest BCUT2D eigenvalue weighted by Gasteiger charge is 2.22. The van der Waals surface area contributed by atoms with Gasteiger partial charge in [0.05, 0.1) is 5.69 Å². The highest BCUT2D eigenvalue weighted by Crippen LogP contribution is 2.25. The number of nitrogens with two attached hydrogens (primary N) is 1. The van der Waals surface area contributed by atoms with Crippen LogP contribution in [0.5, 0.6) is 0 Å².